The van der Waals surface area contributed by atoms with E-state index in [9.17, 15) is 33.4 Å². The van der Waals surface area contributed by atoms with E-state index in [2.05, 4.69) is 19.2 Å². The fourth-order valence-electron chi connectivity index (χ4n) is 7.41. The molecule has 1 rings (SSSR count). The minimum absolute atomic E-state index is 0. The smallest absolute Gasteiger partial charge is 0.756 e. The van der Waals surface area contributed by atoms with E-state index in [1.807, 2.05) is 0 Å². The van der Waals surface area contributed by atoms with Crippen molar-refractivity contribution >= 4 is 37.5 Å². The average Bonchev–Trinajstić information content (AvgIpc) is 3.57. The summed E-state index contributed by atoms with van der Waals surface area (Å²) in [6.07, 6.45) is 37.7. The molecule has 15 heteroatoms. The molecular weight excluding hydrogens is 834 g/mol. The topological polar surface area (TPSA) is 178 Å². The van der Waals surface area contributed by atoms with Gasteiger partial charge in [0, 0.05) is 44.5 Å². The number of nitrogens with zero attached hydrogens (tertiary/aromatic N) is 1. The van der Waals surface area contributed by atoms with Crippen molar-refractivity contribution in [2.24, 2.45) is 0 Å². The minimum atomic E-state index is -4.88. The molecule has 0 aromatic carbocycles. The van der Waals surface area contributed by atoms with Crippen LogP contribution in [-0.2, 0) is 47.1 Å². The molecule has 63 heavy (non-hydrogen) atoms. The first-order valence-electron chi connectivity index (χ1n) is 24.8. The van der Waals surface area contributed by atoms with Gasteiger partial charge in [-0.15, -0.1) is 0 Å². The molecule has 1 aliphatic heterocycles. The predicted molar refractivity (Wildman–Crippen MR) is 243 cm³/mol. The maximum Gasteiger partial charge on any atom is 1.00 e. The van der Waals surface area contributed by atoms with Crippen LogP contribution < -0.4 is 39.8 Å². The molecule has 1 heterocycles. The van der Waals surface area contributed by atoms with Crippen molar-refractivity contribution in [1.82, 2.24) is 10.2 Å². The van der Waals surface area contributed by atoms with Gasteiger partial charge in [-0.05, 0) is 12.8 Å². The van der Waals surface area contributed by atoms with Gasteiger partial charge in [0.25, 0.3) is 19.6 Å². The van der Waals surface area contributed by atoms with E-state index in [1.165, 1.54) is 141 Å². The van der Waals surface area contributed by atoms with Crippen LogP contribution in [0.3, 0.4) is 0 Å². The van der Waals surface area contributed by atoms with Crippen LogP contribution in [-0.4, -0.2) is 73.6 Å². The number of amides is 3. The van der Waals surface area contributed by atoms with Crippen LogP contribution in [0.2, 0.25) is 0 Å². The van der Waals surface area contributed by atoms with Gasteiger partial charge in [-0.3, -0.25) is 33.4 Å². The molecule has 13 nitrogen and oxygen atoms in total. The third kappa shape index (κ3) is 38.2. The Hall–Kier alpha value is -1.60. The maximum atomic E-state index is 12.8. The molecule has 0 radical (unpaired) electrons. The van der Waals surface area contributed by atoms with Gasteiger partial charge in [-0.25, -0.2) is 0 Å². The van der Waals surface area contributed by atoms with Crippen molar-refractivity contribution in [1.29, 1.82) is 0 Å². The van der Waals surface area contributed by atoms with E-state index in [4.69, 9.17) is 18.5 Å². The monoisotopic (exact) mass is 921 g/mol. The van der Waals surface area contributed by atoms with Crippen molar-refractivity contribution in [2.45, 2.75) is 232 Å². The molecule has 0 spiro atoms. The first kappa shape index (κ1) is 61.4. The molecule has 1 unspecified atom stereocenters. The molecule has 1 N–H and O–H groups in total. The maximum absolute atomic E-state index is 12.8. The number of esters is 2. The standard InChI is InChI=1S/C48H87N2O11P.Na/c1-3-5-7-9-11-13-15-17-19-21-23-25-27-29-31-33-47(54)58-41-43(61-48(55)34-32-30-28-26-24-22-20-18-16-14-12-10-8-6-4-2)42-60-62(56,57)59-40-38-49-44(51)37-39-50-45(52)35-36-46(50)53;/h35-36,43H,3-34,37-42H2,1-2H3,(H,49,51)(H,56,57);/q;+1/p-1/t43-;/m1./s1. The van der Waals surface area contributed by atoms with Gasteiger partial charge in [-0.1, -0.05) is 194 Å². The molecular formula is C48H86N2NaO11P. The second kappa shape index (κ2) is 43.0. The molecule has 0 aromatic rings. The summed E-state index contributed by atoms with van der Waals surface area (Å²) < 4.78 is 33.3. The second-order valence-electron chi connectivity index (χ2n) is 17.0. The van der Waals surface area contributed by atoms with Crippen LogP contribution >= 0.6 is 7.82 Å². The SMILES string of the molecule is CCCCCCCCCCCCCCCCCC(=O)OC[C@H](COP(=O)([O-])OCCNC(=O)CCN1C(=O)C=CC1=O)OC(=O)CCCCCCCCCCCCCCCCC.[Na+]. The number of nitrogens with one attached hydrogen (secondary N) is 1. The van der Waals surface area contributed by atoms with Crippen LogP contribution in [0, 0.1) is 0 Å². The average molecular weight is 921 g/mol. The second-order valence-corrected chi connectivity index (χ2v) is 18.4. The fourth-order valence-corrected chi connectivity index (χ4v) is 8.15. The van der Waals surface area contributed by atoms with Crippen LogP contribution in [0.4, 0.5) is 0 Å². The Labute approximate surface area is 404 Å². The van der Waals surface area contributed by atoms with E-state index in [-0.39, 0.29) is 68.5 Å². The summed E-state index contributed by atoms with van der Waals surface area (Å²) in [4.78, 5) is 74.1. The van der Waals surface area contributed by atoms with Gasteiger partial charge in [-0.2, -0.15) is 0 Å². The van der Waals surface area contributed by atoms with Crippen LogP contribution in [0.25, 0.3) is 0 Å². The third-order valence-corrected chi connectivity index (χ3v) is 12.2. The number of phosphoric acid groups is 1. The van der Waals surface area contributed by atoms with Crippen molar-refractivity contribution in [3.8, 4) is 0 Å². The number of imide groups is 1. The predicted octanol–water partition coefficient (Wildman–Crippen LogP) is 7.90. The molecule has 2 atom stereocenters. The Kier molecular flexibility index (Phi) is 41.9. The molecule has 0 saturated heterocycles. The first-order valence-corrected chi connectivity index (χ1v) is 26.3. The Balaban J connectivity index is 0.0000384. The largest absolute Gasteiger partial charge is 1.00 e. The summed E-state index contributed by atoms with van der Waals surface area (Å²) in [7, 11) is -4.88. The van der Waals surface area contributed by atoms with Gasteiger partial charge in [0.1, 0.15) is 6.61 Å². The zero-order valence-electron chi connectivity index (χ0n) is 40.0. The molecule has 0 fully saturated rings. The Morgan fingerprint density at radius 2 is 0.952 bits per heavy atom. The summed E-state index contributed by atoms with van der Waals surface area (Å²) in [6, 6.07) is 0. The molecule has 0 aromatic heterocycles. The van der Waals surface area contributed by atoms with Crippen LogP contribution in [0.1, 0.15) is 226 Å². The number of unbranched alkanes of at least 4 members (excludes halogenated alkanes) is 28. The van der Waals surface area contributed by atoms with Crippen molar-refractivity contribution in [3.05, 3.63) is 12.2 Å². The van der Waals surface area contributed by atoms with Gasteiger partial charge in [0.2, 0.25) is 5.91 Å². The Morgan fingerprint density at radius 3 is 1.37 bits per heavy atom. The number of rotatable bonds is 45. The molecule has 3 amide bonds. The number of carbonyl (C=O) groups excluding carboxylic acids is 5. The Bertz CT molecular complexity index is 1250. The molecule has 0 aliphatic carbocycles. The molecule has 0 saturated carbocycles. The van der Waals surface area contributed by atoms with Crippen molar-refractivity contribution < 1.29 is 81.5 Å². The Morgan fingerprint density at radius 1 is 0.571 bits per heavy atom. The minimum Gasteiger partial charge on any atom is -0.756 e. The van der Waals surface area contributed by atoms with Gasteiger partial charge < -0.3 is 28.7 Å². The zero-order chi connectivity index (χ0) is 45.4. The number of phosphoric ester groups is 1. The summed E-state index contributed by atoms with van der Waals surface area (Å²) >= 11 is 0. The van der Waals surface area contributed by atoms with E-state index in [1.54, 1.807) is 0 Å². The third-order valence-electron chi connectivity index (χ3n) is 11.3. The van der Waals surface area contributed by atoms with Crippen LogP contribution in [0.5, 0.6) is 0 Å². The fraction of sp³-hybridized carbons (Fsp3) is 0.854. The van der Waals surface area contributed by atoms with Crippen LogP contribution in [0.15, 0.2) is 12.2 Å². The zero-order valence-corrected chi connectivity index (χ0v) is 42.9. The number of hydrogen-bond donors (Lipinski definition) is 1. The molecule has 360 valence electrons. The van der Waals surface area contributed by atoms with Crippen molar-refractivity contribution in [3.63, 3.8) is 0 Å². The van der Waals surface area contributed by atoms with Gasteiger partial charge in [0.15, 0.2) is 6.10 Å². The summed E-state index contributed by atoms with van der Waals surface area (Å²) in [5.74, 6) is -2.48. The van der Waals surface area contributed by atoms with Gasteiger partial charge in [0.05, 0.1) is 13.2 Å². The van der Waals surface area contributed by atoms with Gasteiger partial charge >= 0.3 is 41.5 Å². The van der Waals surface area contributed by atoms with E-state index < -0.39 is 56.8 Å². The normalized spacial score (nSPS) is 13.8. The van der Waals surface area contributed by atoms with E-state index in [0.29, 0.717) is 12.8 Å². The number of ether oxygens (including phenoxy) is 2. The summed E-state index contributed by atoms with van der Waals surface area (Å²) in [5, 5.41) is 2.46. The van der Waals surface area contributed by atoms with E-state index >= 15 is 0 Å². The molecule has 1 aliphatic rings. The summed E-state index contributed by atoms with van der Waals surface area (Å²) in [5.41, 5.74) is 0. The molecule has 0 bridgehead atoms. The quantitative estimate of drug-likeness (QED) is 0.0207. The van der Waals surface area contributed by atoms with Crippen molar-refractivity contribution in [2.75, 3.05) is 32.9 Å². The number of carbonyl (C=O) groups is 5. The summed E-state index contributed by atoms with van der Waals surface area (Å²) in [6.45, 7) is 2.82. The first-order chi connectivity index (χ1) is 30.1. The van der Waals surface area contributed by atoms with E-state index in [0.717, 1.165) is 55.6 Å². The number of hydrogen-bond acceptors (Lipinski definition) is 11.